The lowest BCUT2D eigenvalue weighted by Gasteiger charge is -2.03. The first-order valence-electron chi connectivity index (χ1n) is 3.54. The Morgan fingerprint density at radius 3 is 2.67 bits per heavy atom. The quantitative estimate of drug-likeness (QED) is 0.589. The second-order valence-corrected chi connectivity index (χ2v) is 4.97. The van der Waals surface area contributed by atoms with Gasteiger partial charge in [-0.2, -0.15) is 0 Å². The molecule has 1 rings (SSSR count). The van der Waals surface area contributed by atoms with E-state index in [1.807, 2.05) is 6.07 Å². The molecule has 0 saturated heterocycles. The molecule has 4 heteroatoms. The average Bonchev–Trinajstić information content (AvgIpc) is 1.81. The highest BCUT2D eigenvalue weighted by Gasteiger charge is 2.02. The number of halogens is 3. The maximum Gasteiger partial charge on any atom is 0.130 e. The minimum atomic E-state index is 0.388. The summed E-state index contributed by atoms with van der Waals surface area (Å²) >= 11 is 15.0. The molecular formula is C8H8BrCl2N. The number of aromatic nitrogens is 1. The Morgan fingerprint density at radius 1 is 1.50 bits per heavy atom. The van der Waals surface area contributed by atoms with Gasteiger partial charge in [0, 0.05) is 22.0 Å². The molecule has 0 aliphatic carbocycles. The molecule has 0 N–H and O–H groups in total. The summed E-state index contributed by atoms with van der Waals surface area (Å²) < 4.78 is 0. The van der Waals surface area contributed by atoms with Crippen molar-refractivity contribution in [3.63, 3.8) is 0 Å². The number of rotatable bonds is 2. The molecule has 66 valence electrons. The van der Waals surface area contributed by atoms with Gasteiger partial charge in [0.2, 0.25) is 0 Å². The van der Waals surface area contributed by atoms with Crippen LogP contribution in [0.25, 0.3) is 0 Å². The highest BCUT2D eigenvalue weighted by atomic mass is 79.9. The van der Waals surface area contributed by atoms with Crippen LogP contribution in [0.3, 0.4) is 0 Å². The number of pyridine rings is 1. The van der Waals surface area contributed by atoms with Gasteiger partial charge in [0.15, 0.2) is 0 Å². The van der Waals surface area contributed by atoms with Gasteiger partial charge < -0.3 is 0 Å². The minimum Gasteiger partial charge on any atom is -0.241 e. The predicted molar refractivity (Wildman–Crippen MR) is 56.4 cm³/mol. The molecule has 0 spiro atoms. The highest BCUT2D eigenvalue weighted by Crippen LogP contribution is 2.17. The van der Waals surface area contributed by atoms with Crippen LogP contribution >= 0.6 is 39.1 Å². The van der Waals surface area contributed by atoms with Gasteiger partial charge in [0.25, 0.3) is 0 Å². The van der Waals surface area contributed by atoms with Crippen LogP contribution in [0.2, 0.25) is 10.2 Å². The maximum absolute atomic E-state index is 5.79. The summed E-state index contributed by atoms with van der Waals surface area (Å²) in [5, 5.41) is 1.09. The summed E-state index contributed by atoms with van der Waals surface area (Å²) in [5.74, 6) is 0. The van der Waals surface area contributed by atoms with Gasteiger partial charge in [-0.05, 0) is 12.1 Å². The van der Waals surface area contributed by atoms with Gasteiger partial charge >= 0.3 is 0 Å². The van der Waals surface area contributed by atoms with Gasteiger partial charge in [-0.15, -0.1) is 0 Å². The van der Waals surface area contributed by atoms with Crippen molar-refractivity contribution in [1.29, 1.82) is 0 Å². The summed E-state index contributed by atoms with van der Waals surface area (Å²) in [6, 6.07) is 3.46. The third-order valence-corrected chi connectivity index (χ3v) is 2.04. The first-order chi connectivity index (χ1) is 5.58. The van der Waals surface area contributed by atoms with Crippen LogP contribution in [0.15, 0.2) is 12.1 Å². The van der Waals surface area contributed by atoms with Crippen molar-refractivity contribution in [2.75, 3.05) is 0 Å². The molecule has 12 heavy (non-hydrogen) atoms. The van der Waals surface area contributed by atoms with E-state index in [9.17, 15) is 0 Å². The van der Waals surface area contributed by atoms with E-state index in [0.717, 1.165) is 12.1 Å². The predicted octanol–water partition coefficient (Wildman–Crippen LogP) is 3.71. The molecule has 0 saturated carbocycles. The average molecular weight is 269 g/mol. The van der Waals surface area contributed by atoms with E-state index in [1.165, 1.54) is 0 Å². The molecule has 1 heterocycles. The van der Waals surface area contributed by atoms with E-state index in [2.05, 4.69) is 27.8 Å². The Balaban J connectivity index is 2.85. The molecule has 0 fully saturated rings. The molecule has 0 radical (unpaired) electrons. The molecule has 0 aliphatic rings. The zero-order valence-electron chi connectivity index (χ0n) is 6.52. The van der Waals surface area contributed by atoms with E-state index >= 15 is 0 Å². The molecule has 0 bridgehead atoms. The second kappa shape index (κ2) is 4.45. The van der Waals surface area contributed by atoms with Crippen molar-refractivity contribution in [3.05, 3.63) is 28.0 Å². The molecule has 1 aromatic heterocycles. The van der Waals surface area contributed by atoms with Crippen molar-refractivity contribution in [2.24, 2.45) is 0 Å². The number of hydrogen-bond acceptors (Lipinski definition) is 1. The number of alkyl halides is 1. The van der Waals surface area contributed by atoms with E-state index in [0.29, 0.717) is 15.0 Å². The molecule has 1 atom stereocenters. The van der Waals surface area contributed by atoms with Crippen molar-refractivity contribution in [2.45, 2.75) is 18.2 Å². The largest absolute Gasteiger partial charge is 0.241 e. The molecule has 1 unspecified atom stereocenters. The Bertz CT molecular complexity index is 256. The lowest BCUT2D eigenvalue weighted by molar-refractivity contribution is 0.914. The molecule has 0 aliphatic heterocycles. The van der Waals surface area contributed by atoms with Crippen LogP contribution in [0.1, 0.15) is 12.6 Å². The monoisotopic (exact) mass is 267 g/mol. The third kappa shape index (κ3) is 3.30. The first-order valence-corrected chi connectivity index (χ1v) is 5.21. The zero-order valence-corrected chi connectivity index (χ0v) is 9.62. The molecule has 1 nitrogen and oxygen atoms in total. The van der Waals surface area contributed by atoms with E-state index < -0.39 is 0 Å². The van der Waals surface area contributed by atoms with Crippen LogP contribution < -0.4 is 0 Å². The molecule has 0 aromatic carbocycles. The number of nitrogens with zero attached hydrogens (tertiary/aromatic N) is 1. The summed E-state index contributed by atoms with van der Waals surface area (Å²) in [5.41, 5.74) is 0.914. The number of hydrogen-bond donors (Lipinski definition) is 0. The van der Waals surface area contributed by atoms with E-state index in [1.54, 1.807) is 6.07 Å². The van der Waals surface area contributed by atoms with Crippen LogP contribution in [0.4, 0.5) is 0 Å². The summed E-state index contributed by atoms with van der Waals surface area (Å²) in [7, 11) is 0. The normalized spacial score (nSPS) is 13.0. The molecular weight excluding hydrogens is 261 g/mol. The zero-order chi connectivity index (χ0) is 9.14. The standard InChI is InChI=1S/C8H8BrCl2N/c1-5(9)2-7-3-6(10)4-8(11)12-7/h3-5H,2H2,1H3. The van der Waals surface area contributed by atoms with Crippen LogP contribution in [0, 0.1) is 0 Å². The highest BCUT2D eigenvalue weighted by molar-refractivity contribution is 9.09. The smallest absolute Gasteiger partial charge is 0.130 e. The topological polar surface area (TPSA) is 12.9 Å². The maximum atomic E-state index is 5.79. The van der Waals surface area contributed by atoms with Crippen LogP contribution in [-0.4, -0.2) is 9.81 Å². The van der Waals surface area contributed by atoms with E-state index in [-0.39, 0.29) is 0 Å². The van der Waals surface area contributed by atoms with E-state index in [4.69, 9.17) is 23.2 Å². The summed E-state index contributed by atoms with van der Waals surface area (Å²) in [4.78, 5) is 4.51. The molecule has 1 aromatic rings. The lowest BCUT2D eigenvalue weighted by atomic mass is 10.2. The van der Waals surface area contributed by atoms with Gasteiger partial charge in [-0.1, -0.05) is 46.1 Å². The van der Waals surface area contributed by atoms with Crippen molar-refractivity contribution in [3.8, 4) is 0 Å². The Morgan fingerprint density at radius 2 is 2.17 bits per heavy atom. The van der Waals surface area contributed by atoms with Crippen molar-refractivity contribution >= 4 is 39.1 Å². The van der Waals surface area contributed by atoms with Gasteiger partial charge in [0.1, 0.15) is 5.15 Å². The van der Waals surface area contributed by atoms with Crippen LogP contribution in [0.5, 0.6) is 0 Å². The van der Waals surface area contributed by atoms with Gasteiger partial charge in [-0.3, -0.25) is 0 Å². The molecule has 0 amide bonds. The lowest BCUT2D eigenvalue weighted by Crippen LogP contribution is -1.99. The second-order valence-electron chi connectivity index (χ2n) is 2.58. The fraction of sp³-hybridized carbons (Fsp3) is 0.375. The fourth-order valence-electron chi connectivity index (χ4n) is 0.909. The third-order valence-electron chi connectivity index (χ3n) is 1.30. The summed E-state index contributed by atoms with van der Waals surface area (Å²) in [6.45, 7) is 2.05. The SMILES string of the molecule is CC(Br)Cc1cc(Cl)cc(Cl)n1. The van der Waals surface area contributed by atoms with Gasteiger partial charge in [-0.25, -0.2) is 4.98 Å². The first kappa shape index (κ1) is 10.3. The fourth-order valence-corrected chi connectivity index (χ4v) is 1.75. The minimum absolute atomic E-state index is 0.388. The van der Waals surface area contributed by atoms with Crippen LogP contribution in [-0.2, 0) is 6.42 Å². The Labute approximate surface area is 90.2 Å². The Hall–Kier alpha value is 0.210. The van der Waals surface area contributed by atoms with Crippen molar-refractivity contribution in [1.82, 2.24) is 4.98 Å². The van der Waals surface area contributed by atoms with Gasteiger partial charge in [0.05, 0.1) is 0 Å². The Kier molecular flexibility index (Phi) is 3.81. The van der Waals surface area contributed by atoms with Crippen molar-refractivity contribution < 1.29 is 0 Å². The summed E-state index contributed by atoms with van der Waals surface area (Å²) in [6.07, 6.45) is 0.834.